The lowest BCUT2D eigenvalue weighted by atomic mass is 10.1. The predicted octanol–water partition coefficient (Wildman–Crippen LogP) is 5.30. The molecule has 4 nitrogen and oxygen atoms in total. The van der Waals surface area contributed by atoms with E-state index in [4.69, 9.17) is 17.3 Å². The average molecular weight is 431 g/mol. The highest BCUT2D eigenvalue weighted by Crippen LogP contribution is 2.40. The van der Waals surface area contributed by atoms with E-state index < -0.39 is 69.2 Å². The smallest absolute Gasteiger partial charge is 0.383 e. The van der Waals surface area contributed by atoms with E-state index in [0.29, 0.717) is 10.7 Å². The molecule has 0 aliphatic carbocycles. The molecule has 2 aromatic heterocycles. The fraction of sp³-hybridized carbons (Fsp3) is 0.200. The molecule has 2 heterocycles. The lowest BCUT2D eigenvalue weighted by Crippen LogP contribution is -2.12. The van der Waals surface area contributed by atoms with Crippen molar-refractivity contribution in [2.24, 2.45) is 0 Å². The van der Waals surface area contributed by atoms with Gasteiger partial charge in [0.25, 0.3) is 0 Å². The van der Waals surface area contributed by atoms with E-state index in [1.807, 2.05) is 0 Å². The number of anilines is 1. The Balaban J connectivity index is 2.33. The largest absolute Gasteiger partial charge is 0.434 e. The average Bonchev–Trinajstić information content (AvgIpc) is 2.88. The van der Waals surface area contributed by atoms with Crippen molar-refractivity contribution in [3.05, 3.63) is 46.0 Å². The van der Waals surface area contributed by atoms with Crippen molar-refractivity contribution >= 4 is 28.3 Å². The Bertz CT molecular complexity index is 1050. The Labute approximate surface area is 155 Å². The summed E-state index contributed by atoms with van der Waals surface area (Å²) in [6.07, 6.45) is -9.96. The Morgan fingerprint density at radius 2 is 1.68 bits per heavy atom. The van der Waals surface area contributed by atoms with E-state index in [2.05, 4.69) is 10.1 Å². The van der Waals surface area contributed by atoms with Crippen LogP contribution in [0.3, 0.4) is 0 Å². The Hall–Kier alpha value is -2.63. The van der Waals surface area contributed by atoms with Gasteiger partial charge in [-0.3, -0.25) is 0 Å². The first kappa shape index (κ1) is 20.1. The fourth-order valence-corrected chi connectivity index (χ4v) is 2.85. The van der Waals surface area contributed by atoms with Crippen molar-refractivity contribution in [1.29, 1.82) is 0 Å². The molecule has 1 aromatic carbocycles. The molecular weight excluding hydrogens is 424 g/mol. The third-order valence-electron chi connectivity index (χ3n) is 3.71. The zero-order valence-corrected chi connectivity index (χ0v) is 14.0. The summed E-state index contributed by atoms with van der Waals surface area (Å²) in [7, 11) is 0. The number of pyridine rings is 1. The molecule has 0 bridgehead atoms. The summed E-state index contributed by atoms with van der Waals surface area (Å²) in [5.74, 6) is -2.30. The Morgan fingerprint density at radius 1 is 1.04 bits per heavy atom. The van der Waals surface area contributed by atoms with Gasteiger partial charge in [0.2, 0.25) is 0 Å². The molecule has 0 radical (unpaired) electrons. The number of nitrogens with zero attached hydrogens (tertiary/aromatic N) is 3. The summed E-state index contributed by atoms with van der Waals surface area (Å²) in [6.45, 7) is -1.35. The van der Waals surface area contributed by atoms with Gasteiger partial charge in [-0.25, -0.2) is 18.4 Å². The monoisotopic (exact) mass is 430 g/mol. The van der Waals surface area contributed by atoms with E-state index in [9.17, 15) is 35.1 Å². The molecule has 0 spiro atoms. The molecular formula is C15H7ClF8N4. The van der Waals surface area contributed by atoms with Crippen LogP contribution in [0.2, 0.25) is 5.02 Å². The first-order valence-corrected chi connectivity index (χ1v) is 7.60. The third kappa shape index (κ3) is 3.32. The number of rotatable bonds is 2. The van der Waals surface area contributed by atoms with Crippen molar-refractivity contribution in [2.75, 3.05) is 5.73 Å². The maximum absolute atomic E-state index is 14.3. The minimum Gasteiger partial charge on any atom is -0.383 e. The summed E-state index contributed by atoms with van der Waals surface area (Å²) in [5.41, 5.74) is 0.780. The van der Waals surface area contributed by atoms with Crippen LogP contribution < -0.4 is 5.73 Å². The first-order chi connectivity index (χ1) is 12.8. The molecule has 0 aliphatic rings. The number of aromatic nitrogens is 3. The highest BCUT2D eigenvalue weighted by molar-refractivity contribution is 6.32. The number of hydrogen-bond acceptors (Lipinski definition) is 3. The number of alkyl halides is 7. The summed E-state index contributed by atoms with van der Waals surface area (Å²) in [4.78, 5) is 3.14. The molecule has 0 amide bonds. The number of nitrogens with two attached hydrogens (primary N) is 1. The number of hydrogen-bond donors (Lipinski definition) is 1. The van der Waals surface area contributed by atoms with Crippen LogP contribution in [0.15, 0.2) is 18.2 Å². The molecule has 28 heavy (non-hydrogen) atoms. The second kappa shape index (κ2) is 6.47. The van der Waals surface area contributed by atoms with Gasteiger partial charge in [-0.2, -0.15) is 31.4 Å². The normalized spacial score (nSPS) is 12.8. The first-order valence-electron chi connectivity index (χ1n) is 7.22. The molecule has 3 rings (SSSR count). The summed E-state index contributed by atoms with van der Waals surface area (Å²) in [5, 5.41) is 2.10. The van der Waals surface area contributed by atoms with Gasteiger partial charge in [0.05, 0.1) is 27.2 Å². The topological polar surface area (TPSA) is 56.7 Å². The molecule has 0 aliphatic heterocycles. The van der Waals surface area contributed by atoms with Gasteiger partial charge in [-0.1, -0.05) is 11.6 Å². The van der Waals surface area contributed by atoms with Crippen molar-refractivity contribution < 1.29 is 35.1 Å². The van der Waals surface area contributed by atoms with Crippen LogP contribution in [0.1, 0.15) is 17.0 Å². The van der Waals surface area contributed by atoms with Crippen LogP contribution in [-0.4, -0.2) is 14.8 Å². The second-order valence-corrected chi connectivity index (χ2v) is 5.98. The lowest BCUT2D eigenvalue weighted by Gasteiger charge is -2.12. The van der Waals surface area contributed by atoms with E-state index in [1.165, 1.54) is 0 Å². The fourth-order valence-electron chi connectivity index (χ4n) is 2.56. The zero-order chi connectivity index (χ0) is 21.0. The molecule has 0 atom stereocenters. The standard InChI is InChI=1S/C15H7ClF8N4/c16-7-1-5(14(19,20)21)2-8(18)11(7)28-13(25)10-9(27-28)3-6(4-17)26-12(10)15(22,23)24/h1-3H,4,25H2. The molecule has 0 fully saturated rings. The molecule has 3 aromatic rings. The van der Waals surface area contributed by atoms with Gasteiger partial charge in [0.1, 0.15) is 18.2 Å². The maximum Gasteiger partial charge on any atom is 0.434 e. The highest BCUT2D eigenvalue weighted by Gasteiger charge is 2.38. The number of fused-ring (bicyclic) bond motifs is 1. The SMILES string of the molecule is Nc1c2c(C(F)(F)F)nc(CF)cc2nn1-c1c(F)cc(C(F)(F)F)cc1Cl. The van der Waals surface area contributed by atoms with Crippen LogP contribution in [0.4, 0.5) is 40.9 Å². The summed E-state index contributed by atoms with van der Waals surface area (Å²) >= 11 is 5.71. The number of benzene rings is 1. The van der Waals surface area contributed by atoms with Gasteiger partial charge in [-0.15, -0.1) is 0 Å². The molecule has 0 saturated heterocycles. The van der Waals surface area contributed by atoms with E-state index >= 15 is 0 Å². The van der Waals surface area contributed by atoms with E-state index in [1.54, 1.807) is 0 Å². The summed E-state index contributed by atoms with van der Waals surface area (Å²) < 4.78 is 106. The van der Waals surface area contributed by atoms with Crippen molar-refractivity contribution in [2.45, 2.75) is 19.0 Å². The molecule has 0 unspecified atom stereocenters. The third-order valence-corrected chi connectivity index (χ3v) is 3.99. The second-order valence-electron chi connectivity index (χ2n) is 5.57. The minimum atomic E-state index is -5.05. The van der Waals surface area contributed by atoms with Crippen LogP contribution in [0.25, 0.3) is 16.6 Å². The number of nitrogen functional groups attached to an aromatic ring is 1. The lowest BCUT2D eigenvalue weighted by molar-refractivity contribution is -0.140. The zero-order valence-electron chi connectivity index (χ0n) is 13.3. The van der Waals surface area contributed by atoms with E-state index in [0.717, 1.165) is 6.07 Å². The molecule has 0 saturated carbocycles. The van der Waals surface area contributed by atoms with Gasteiger partial charge >= 0.3 is 12.4 Å². The molecule has 150 valence electrons. The highest BCUT2D eigenvalue weighted by atomic mass is 35.5. The van der Waals surface area contributed by atoms with Crippen LogP contribution in [-0.2, 0) is 19.0 Å². The Kier molecular flexibility index (Phi) is 4.64. The minimum absolute atomic E-state index is 0.100. The quantitative estimate of drug-likeness (QED) is 0.561. The van der Waals surface area contributed by atoms with Gasteiger partial charge < -0.3 is 5.73 Å². The van der Waals surface area contributed by atoms with Crippen LogP contribution in [0.5, 0.6) is 0 Å². The number of halogens is 9. The van der Waals surface area contributed by atoms with Gasteiger partial charge in [0, 0.05) is 0 Å². The van der Waals surface area contributed by atoms with Crippen molar-refractivity contribution in [1.82, 2.24) is 14.8 Å². The van der Waals surface area contributed by atoms with Gasteiger partial charge in [-0.05, 0) is 18.2 Å². The van der Waals surface area contributed by atoms with Crippen molar-refractivity contribution in [3.8, 4) is 5.69 Å². The van der Waals surface area contributed by atoms with Gasteiger partial charge in [0.15, 0.2) is 11.5 Å². The van der Waals surface area contributed by atoms with Crippen LogP contribution in [0, 0.1) is 5.82 Å². The summed E-state index contributed by atoms with van der Waals surface area (Å²) in [6, 6.07) is 1.33. The Morgan fingerprint density at radius 3 is 2.18 bits per heavy atom. The maximum atomic E-state index is 14.3. The van der Waals surface area contributed by atoms with Crippen LogP contribution >= 0.6 is 11.6 Å². The molecule has 13 heteroatoms. The predicted molar refractivity (Wildman–Crippen MR) is 83.1 cm³/mol. The molecule has 2 N–H and O–H groups in total. The van der Waals surface area contributed by atoms with E-state index in [-0.39, 0.29) is 6.07 Å². The van der Waals surface area contributed by atoms with Crippen molar-refractivity contribution in [3.63, 3.8) is 0 Å².